The predicted octanol–water partition coefficient (Wildman–Crippen LogP) is 4.12. The lowest BCUT2D eigenvalue weighted by Crippen LogP contribution is -2.37. The average Bonchev–Trinajstić information content (AvgIpc) is 2.61. The van der Waals surface area contributed by atoms with Gasteiger partial charge in [-0.2, -0.15) is 0 Å². The highest BCUT2D eigenvalue weighted by Gasteiger charge is 2.05. The van der Waals surface area contributed by atoms with Crippen molar-refractivity contribution in [2.75, 3.05) is 6.67 Å². The van der Waals surface area contributed by atoms with Crippen LogP contribution >= 0.6 is 0 Å². The van der Waals surface area contributed by atoms with Crippen LogP contribution in [0.3, 0.4) is 0 Å². The van der Waals surface area contributed by atoms with Crippen LogP contribution in [0.15, 0.2) is 24.3 Å². The highest BCUT2D eigenvalue weighted by molar-refractivity contribution is 5.94. The second-order valence-corrected chi connectivity index (χ2v) is 6.41. The molecule has 0 aliphatic rings. The van der Waals surface area contributed by atoms with Gasteiger partial charge in [0, 0.05) is 12.0 Å². The summed E-state index contributed by atoms with van der Waals surface area (Å²) in [5.74, 6) is -0.192. The van der Waals surface area contributed by atoms with E-state index < -0.39 is 0 Å². The number of hydrogen-bond donors (Lipinski definition) is 3. The Hall–Kier alpha value is -2.04. The van der Waals surface area contributed by atoms with E-state index in [0.29, 0.717) is 12.0 Å². The number of phenols is 1. The normalized spacial score (nSPS) is 10.4. The molecule has 1 aromatic carbocycles. The van der Waals surface area contributed by atoms with Crippen molar-refractivity contribution in [3.05, 3.63) is 29.8 Å². The molecule has 0 aliphatic heterocycles. The fourth-order valence-electron chi connectivity index (χ4n) is 2.62. The molecule has 0 saturated carbocycles. The van der Waals surface area contributed by atoms with Crippen molar-refractivity contribution >= 4 is 11.8 Å². The quantitative estimate of drug-likeness (QED) is 0.371. The maximum Gasteiger partial charge on any atom is 0.252 e. The standard InChI is InChI=1S/C20H32N2O3/c1-2-3-4-5-6-7-8-9-10-11-19(24)21-16-22-20(25)17-12-14-18(23)15-13-17/h12-15,23H,2-11,16H2,1H3,(H,21,24)(H,22,25). The summed E-state index contributed by atoms with van der Waals surface area (Å²) in [6.45, 7) is 2.35. The fourth-order valence-corrected chi connectivity index (χ4v) is 2.62. The molecule has 3 N–H and O–H groups in total. The van der Waals surface area contributed by atoms with Gasteiger partial charge in [-0.3, -0.25) is 9.59 Å². The lowest BCUT2D eigenvalue weighted by molar-refractivity contribution is -0.121. The van der Waals surface area contributed by atoms with Gasteiger partial charge in [0.05, 0.1) is 6.67 Å². The Morgan fingerprint density at radius 3 is 2.00 bits per heavy atom. The molecule has 0 atom stereocenters. The van der Waals surface area contributed by atoms with Crippen LogP contribution in [0, 0.1) is 0 Å². The third-order valence-corrected chi connectivity index (χ3v) is 4.17. The number of amides is 2. The number of nitrogens with one attached hydrogen (secondary N) is 2. The number of phenolic OH excluding ortho intramolecular Hbond substituents is 1. The van der Waals surface area contributed by atoms with Crippen LogP contribution < -0.4 is 10.6 Å². The summed E-state index contributed by atoms with van der Waals surface area (Å²) in [5, 5.41) is 14.5. The van der Waals surface area contributed by atoms with E-state index in [0.717, 1.165) is 12.8 Å². The number of carbonyl (C=O) groups is 2. The number of rotatable bonds is 13. The molecular weight excluding hydrogens is 316 g/mol. The molecule has 25 heavy (non-hydrogen) atoms. The first kappa shape index (κ1) is 21.0. The topological polar surface area (TPSA) is 78.4 Å². The average molecular weight is 348 g/mol. The SMILES string of the molecule is CCCCCCCCCCCC(=O)NCNC(=O)c1ccc(O)cc1. The molecule has 0 saturated heterocycles. The lowest BCUT2D eigenvalue weighted by Gasteiger charge is -2.07. The van der Waals surface area contributed by atoms with Gasteiger partial charge in [0.1, 0.15) is 5.75 Å². The van der Waals surface area contributed by atoms with Crippen molar-refractivity contribution in [1.29, 1.82) is 0 Å². The van der Waals surface area contributed by atoms with Gasteiger partial charge in [0.15, 0.2) is 0 Å². The maximum absolute atomic E-state index is 11.8. The van der Waals surface area contributed by atoms with E-state index in [1.807, 2.05) is 0 Å². The number of aromatic hydroxyl groups is 1. The zero-order valence-corrected chi connectivity index (χ0v) is 15.4. The second kappa shape index (κ2) is 13.3. The van der Waals surface area contributed by atoms with Crippen molar-refractivity contribution in [2.45, 2.75) is 71.1 Å². The molecule has 0 aromatic heterocycles. The Morgan fingerprint density at radius 2 is 1.40 bits per heavy atom. The molecule has 0 bridgehead atoms. The van der Waals surface area contributed by atoms with Gasteiger partial charge in [0.25, 0.3) is 5.91 Å². The third kappa shape index (κ3) is 10.4. The van der Waals surface area contributed by atoms with Crippen molar-refractivity contribution in [3.8, 4) is 5.75 Å². The van der Waals surface area contributed by atoms with Crippen molar-refractivity contribution < 1.29 is 14.7 Å². The highest BCUT2D eigenvalue weighted by atomic mass is 16.3. The predicted molar refractivity (Wildman–Crippen MR) is 100 cm³/mol. The van der Waals surface area contributed by atoms with Gasteiger partial charge < -0.3 is 15.7 Å². The monoisotopic (exact) mass is 348 g/mol. The fraction of sp³-hybridized carbons (Fsp3) is 0.600. The Kier molecular flexibility index (Phi) is 11.2. The molecule has 0 spiro atoms. The van der Waals surface area contributed by atoms with E-state index in [-0.39, 0.29) is 24.2 Å². The van der Waals surface area contributed by atoms with Crippen LogP contribution in [-0.2, 0) is 4.79 Å². The van der Waals surface area contributed by atoms with Gasteiger partial charge in [-0.05, 0) is 30.7 Å². The summed E-state index contributed by atoms with van der Waals surface area (Å²) in [6.07, 6.45) is 11.5. The minimum Gasteiger partial charge on any atom is -0.508 e. The second-order valence-electron chi connectivity index (χ2n) is 6.41. The molecule has 0 radical (unpaired) electrons. The summed E-state index contributed by atoms with van der Waals surface area (Å²) >= 11 is 0. The van der Waals surface area contributed by atoms with Crippen molar-refractivity contribution in [3.63, 3.8) is 0 Å². The lowest BCUT2D eigenvalue weighted by atomic mass is 10.1. The molecule has 1 rings (SSSR count). The molecule has 5 heteroatoms. The molecular formula is C20H32N2O3. The van der Waals surface area contributed by atoms with Crippen LogP contribution in [0.4, 0.5) is 0 Å². The zero-order chi connectivity index (χ0) is 18.3. The van der Waals surface area contributed by atoms with Gasteiger partial charge in [0.2, 0.25) is 5.91 Å². The van der Waals surface area contributed by atoms with Gasteiger partial charge in [-0.1, -0.05) is 58.3 Å². The van der Waals surface area contributed by atoms with Crippen molar-refractivity contribution in [2.24, 2.45) is 0 Å². The Morgan fingerprint density at radius 1 is 0.840 bits per heavy atom. The highest BCUT2D eigenvalue weighted by Crippen LogP contribution is 2.10. The van der Waals surface area contributed by atoms with Gasteiger partial charge in [-0.25, -0.2) is 0 Å². The smallest absolute Gasteiger partial charge is 0.252 e. The van der Waals surface area contributed by atoms with Crippen LogP contribution in [-0.4, -0.2) is 23.6 Å². The van der Waals surface area contributed by atoms with E-state index in [1.54, 1.807) is 0 Å². The zero-order valence-electron chi connectivity index (χ0n) is 15.4. The summed E-state index contributed by atoms with van der Waals surface area (Å²) in [7, 11) is 0. The summed E-state index contributed by atoms with van der Waals surface area (Å²) in [4.78, 5) is 23.5. The number of hydrogen-bond acceptors (Lipinski definition) is 3. The van der Waals surface area contributed by atoms with Crippen LogP contribution in [0.25, 0.3) is 0 Å². The molecule has 1 aromatic rings. The Bertz CT molecular complexity index is 500. The number of unbranched alkanes of at least 4 members (excludes halogenated alkanes) is 8. The Balaban J connectivity index is 1.98. The minimum absolute atomic E-state index is 0.0334. The first-order chi connectivity index (χ1) is 12.1. The first-order valence-corrected chi connectivity index (χ1v) is 9.47. The van der Waals surface area contributed by atoms with E-state index in [1.165, 1.54) is 69.2 Å². The largest absolute Gasteiger partial charge is 0.508 e. The van der Waals surface area contributed by atoms with E-state index >= 15 is 0 Å². The van der Waals surface area contributed by atoms with Crippen molar-refractivity contribution in [1.82, 2.24) is 10.6 Å². The molecule has 0 unspecified atom stereocenters. The molecule has 0 aliphatic carbocycles. The van der Waals surface area contributed by atoms with Crippen LogP contribution in [0.1, 0.15) is 81.5 Å². The minimum atomic E-state index is -0.275. The van der Waals surface area contributed by atoms with Gasteiger partial charge >= 0.3 is 0 Å². The number of benzene rings is 1. The summed E-state index contributed by atoms with van der Waals surface area (Å²) in [6, 6.07) is 5.98. The van der Waals surface area contributed by atoms with Gasteiger partial charge in [-0.15, -0.1) is 0 Å². The van der Waals surface area contributed by atoms with E-state index in [4.69, 9.17) is 0 Å². The molecule has 0 heterocycles. The third-order valence-electron chi connectivity index (χ3n) is 4.17. The molecule has 0 fully saturated rings. The van der Waals surface area contributed by atoms with E-state index in [9.17, 15) is 14.7 Å². The molecule has 5 nitrogen and oxygen atoms in total. The first-order valence-electron chi connectivity index (χ1n) is 9.47. The number of carbonyl (C=O) groups excluding carboxylic acids is 2. The molecule has 140 valence electrons. The molecule has 2 amide bonds. The van der Waals surface area contributed by atoms with Crippen LogP contribution in [0.5, 0.6) is 5.75 Å². The maximum atomic E-state index is 11.8. The summed E-state index contributed by atoms with van der Waals surface area (Å²) < 4.78 is 0. The summed E-state index contributed by atoms with van der Waals surface area (Å²) in [5.41, 5.74) is 0.450. The Labute approximate surface area is 151 Å². The van der Waals surface area contributed by atoms with Crippen LogP contribution in [0.2, 0.25) is 0 Å². The van der Waals surface area contributed by atoms with E-state index in [2.05, 4.69) is 17.6 Å².